The van der Waals surface area contributed by atoms with Gasteiger partial charge in [-0.2, -0.15) is 0 Å². The van der Waals surface area contributed by atoms with Crippen molar-refractivity contribution in [3.05, 3.63) is 94.1 Å². The SMILES string of the molecule is CCCn1cc(Cc2ccc(C(=O)NS(=O)(=O)c3ccccc3Cl)cc2OC)c2cc(CCCC(=O)N(C)C)ccc21. The highest BCUT2D eigenvalue weighted by Gasteiger charge is 2.22. The number of nitrogens with zero attached hydrogens (tertiary/aromatic N) is 2. The largest absolute Gasteiger partial charge is 0.496 e. The van der Waals surface area contributed by atoms with Crippen molar-refractivity contribution in [1.29, 1.82) is 0 Å². The zero-order chi connectivity index (χ0) is 30.4. The molecule has 4 aromatic rings. The van der Waals surface area contributed by atoms with E-state index in [0.717, 1.165) is 47.8 Å². The highest BCUT2D eigenvalue weighted by molar-refractivity contribution is 7.90. The zero-order valence-electron chi connectivity index (χ0n) is 24.3. The van der Waals surface area contributed by atoms with Gasteiger partial charge in [0.2, 0.25) is 5.91 Å². The Kier molecular flexibility index (Phi) is 9.96. The number of carbonyl (C=O) groups excluding carboxylic acids is 2. The first kappa shape index (κ1) is 31.1. The smallest absolute Gasteiger partial charge is 0.265 e. The molecular weight excluding hydrogens is 574 g/mol. The van der Waals surface area contributed by atoms with Crippen LogP contribution in [0.15, 0.2) is 71.8 Å². The van der Waals surface area contributed by atoms with Crippen molar-refractivity contribution in [2.24, 2.45) is 0 Å². The molecule has 0 aliphatic rings. The molecule has 2 amide bonds. The summed E-state index contributed by atoms with van der Waals surface area (Å²) in [5, 5.41) is 1.16. The van der Waals surface area contributed by atoms with E-state index in [1.807, 2.05) is 0 Å². The van der Waals surface area contributed by atoms with Gasteiger partial charge in [-0.15, -0.1) is 0 Å². The number of methoxy groups -OCH3 is 1. The van der Waals surface area contributed by atoms with Crippen LogP contribution in [0.3, 0.4) is 0 Å². The van der Waals surface area contributed by atoms with Crippen LogP contribution in [-0.2, 0) is 34.2 Å². The monoisotopic (exact) mass is 609 g/mol. The number of sulfonamides is 1. The first-order valence-electron chi connectivity index (χ1n) is 13.8. The molecule has 0 spiro atoms. The Morgan fingerprint density at radius 1 is 1.02 bits per heavy atom. The van der Waals surface area contributed by atoms with Crippen LogP contribution in [0.4, 0.5) is 0 Å². The third-order valence-corrected chi connectivity index (χ3v) is 8.96. The molecule has 0 aliphatic heterocycles. The summed E-state index contributed by atoms with van der Waals surface area (Å²) in [4.78, 5) is 26.4. The maximum absolute atomic E-state index is 12.9. The van der Waals surface area contributed by atoms with Gasteiger partial charge >= 0.3 is 0 Å². The molecule has 1 N–H and O–H groups in total. The lowest BCUT2D eigenvalue weighted by molar-refractivity contribution is -0.128. The first-order valence-corrected chi connectivity index (χ1v) is 15.7. The molecule has 42 heavy (non-hydrogen) atoms. The summed E-state index contributed by atoms with van der Waals surface area (Å²) >= 11 is 6.04. The normalized spacial score (nSPS) is 11.5. The second kappa shape index (κ2) is 13.4. The topological polar surface area (TPSA) is 97.7 Å². The van der Waals surface area contributed by atoms with Crippen molar-refractivity contribution in [1.82, 2.24) is 14.2 Å². The van der Waals surface area contributed by atoms with E-state index in [1.165, 1.54) is 30.9 Å². The number of nitrogens with one attached hydrogen (secondary N) is 1. The Hall–Kier alpha value is -3.82. The van der Waals surface area contributed by atoms with Crippen molar-refractivity contribution in [2.45, 2.75) is 50.5 Å². The zero-order valence-corrected chi connectivity index (χ0v) is 25.9. The molecule has 10 heteroatoms. The van der Waals surface area contributed by atoms with E-state index in [0.29, 0.717) is 18.6 Å². The van der Waals surface area contributed by atoms with Gasteiger partial charge < -0.3 is 14.2 Å². The standard InChI is InChI=1S/C32H36ClN3O5S/c1-5-17-36-21-25(26-18-22(13-16-28(26)36)9-8-12-31(37)35(2)3)19-23-14-15-24(20-29(23)41-4)32(38)34-42(39,40)30-11-7-6-10-27(30)33/h6-7,10-11,13-16,18,20-21H,5,8-9,12,17,19H2,1-4H3,(H,34,38). The van der Waals surface area contributed by atoms with Crippen LogP contribution >= 0.6 is 11.6 Å². The van der Waals surface area contributed by atoms with E-state index in [-0.39, 0.29) is 21.4 Å². The van der Waals surface area contributed by atoms with Crippen LogP contribution in [0.2, 0.25) is 5.02 Å². The van der Waals surface area contributed by atoms with Gasteiger partial charge in [-0.25, -0.2) is 13.1 Å². The van der Waals surface area contributed by atoms with Crippen LogP contribution in [0.5, 0.6) is 5.75 Å². The number of halogens is 1. The summed E-state index contributed by atoms with van der Waals surface area (Å²) in [6.07, 6.45) is 5.78. The van der Waals surface area contributed by atoms with E-state index in [4.69, 9.17) is 16.3 Å². The molecule has 8 nitrogen and oxygen atoms in total. The van der Waals surface area contributed by atoms with Crippen LogP contribution in [-0.4, -0.2) is 50.9 Å². The number of fused-ring (bicyclic) bond motifs is 1. The Morgan fingerprint density at radius 2 is 1.79 bits per heavy atom. The van der Waals surface area contributed by atoms with Crippen LogP contribution in [0.1, 0.15) is 53.2 Å². The average Bonchev–Trinajstić information content (AvgIpc) is 3.29. The fraction of sp³-hybridized carbons (Fsp3) is 0.312. The lowest BCUT2D eigenvalue weighted by Gasteiger charge is -2.12. The van der Waals surface area contributed by atoms with Crippen LogP contribution in [0.25, 0.3) is 10.9 Å². The minimum absolute atomic E-state index is 0.0261. The number of aromatic nitrogens is 1. The third-order valence-electron chi connectivity index (χ3n) is 7.13. The lowest BCUT2D eigenvalue weighted by Crippen LogP contribution is -2.30. The number of amides is 2. The molecule has 4 rings (SSSR count). The Morgan fingerprint density at radius 3 is 2.48 bits per heavy atom. The molecule has 0 unspecified atom stereocenters. The minimum atomic E-state index is -4.16. The van der Waals surface area contributed by atoms with Gasteiger partial charge in [-0.1, -0.05) is 42.8 Å². The molecular formula is C32H36ClN3O5S. The number of carbonyl (C=O) groups is 2. The Balaban J connectivity index is 1.59. The third kappa shape index (κ3) is 7.14. The predicted molar refractivity (Wildman–Crippen MR) is 166 cm³/mol. The Bertz CT molecular complexity index is 1710. The number of ether oxygens (including phenoxy) is 1. The van der Waals surface area contributed by atoms with Crippen molar-refractivity contribution in [3.63, 3.8) is 0 Å². The van der Waals surface area contributed by atoms with Gasteiger partial charge in [-0.05, 0) is 72.4 Å². The quantitative estimate of drug-likeness (QED) is 0.218. The van der Waals surface area contributed by atoms with Crippen molar-refractivity contribution >= 4 is 44.3 Å². The maximum atomic E-state index is 12.9. The summed E-state index contributed by atoms with van der Waals surface area (Å²) in [6, 6.07) is 17.3. The first-order chi connectivity index (χ1) is 20.0. The fourth-order valence-corrected chi connectivity index (χ4v) is 6.44. The average molecular weight is 610 g/mol. The summed E-state index contributed by atoms with van der Waals surface area (Å²) in [5.74, 6) is -0.180. The molecule has 0 saturated carbocycles. The van der Waals surface area contributed by atoms with Gasteiger partial charge in [0, 0.05) is 56.1 Å². The molecule has 0 aliphatic carbocycles. The van der Waals surface area contributed by atoms with E-state index in [1.54, 1.807) is 43.3 Å². The number of rotatable bonds is 12. The molecule has 0 radical (unpaired) electrons. The van der Waals surface area contributed by atoms with E-state index in [9.17, 15) is 18.0 Å². The van der Waals surface area contributed by atoms with Crippen molar-refractivity contribution < 1.29 is 22.7 Å². The second-order valence-corrected chi connectivity index (χ2v) is 12.5. The van der Waals surface area contributed by atoms with Crippen molar-refractivity contribution in [2.75, 3.05) is 21.2 Å². The number of aryl methyl sites for hydroxylation is 2. The van der Waals surface area contributed by atoms with Gasteiger partial charge in [0.1, 0.15) is 10.6 Å². The number of hydrogen-bond donors (Lipinski definition) is 1. The van der Waals surface area contributed by atoms with Crippen LogP contribution < -0.4 is 9.46 Å². The summed E-state index contributed by atoms with van der Waals surface area (Å²) in [6.45, 7) is 3.02. The lowest BCUT2D eigenvalue weighted by atomic mass is 9.99. The van der Waals surface area contributed by atoms with E-state index >= 15 is 0 Å². The molecule has 1 heterocycles. The summed E-state index contributed by atoms with van der Waals surface area (Å²) in [7, 11) is 0.904. The number of benzene rings is 3. The van der Waals surface area contributed by atoms with Crippen molar-refractivity contribution in [3.8, 4) is 5.75 Å². The molecule has 0 fully saturated rings. The second-order valence-electron chi connectivity index (χ2n) is 10.4. The maximum Gasteiger partial charge on any atom is 0.265 e. The summed E-state index contributed by atoms with van der Waals surface area (Å²) < 4.78 is 35.5. The fourth-order valence-electron chi connectivity index (χ4n) is 4.94. The highest BCUT2D eigenvalue weighted by Crippen LogP contribution is 2.30. The van der Waals surface area contributed by atoms with Crippen LogP contribution in [0, 0.1) is 0 Å². The van der Waals surface area contributed by atoms with Gasteiger partial charge in [0.25, 0.3) is 15.9 Å². The molecule has 0 saturated heterocycles. The molecule has 222 valence electrons. The van der Waals surface area contributed by atoms with Gasteiger partial charge in [-0.3, -0.25) is 9.59 Å². The van der Waals surface area contributed by atoms with E-state index in [2.05, 4.69) is 40.6 Å². The molecule has 1 aromatic heterocycles. The molecule has 0 atom stereocenters. The Labute approximate surface area is 252 Å². The van der Waals surface area contributed by atoms with Gasteiger partial charge in [0.05, 0.1) is 12.1 Å². The summed E-state index contributed by atoms with van der Waals surface area (Å²) in [5.41, 5.74) is 4.43. The minimum Gasteiger partial charge on any atom is -0.496 e. The molecule has 0 bridgehead atoms. The predicted octanol–water partition coefficient (Wildman–Crippen LogP) is 5.83. The van der Waals surface area contributed by atoms with E-state index < -0.39 is 15.9 Å². The van der Waals surface area contributed by atoms with Gasteiger partial charge in [0.15, 0.2) is 0 Å². The highest BCUT2D eigenvalue weighted by atomic mass is 35.5. The molecule has 3 aromatic carbocycles. The number of hydrogen-bond acceptors (Lipinski definition) is 5.